The molecule has 0 bridgehead atoms. The molecule has 0 aliphatic carbocycles. The molecule has 1 aromatic heterocycles. The molecule has 1 N–H and O–H groups in total. The van der Waals surface area contributed by atoms with E-state index in [0.717, 1.165) is 23.5 Å². The number of nitro benzene ring substituents is 1. The minimum absolute atomic E-state index is 0.0965. The molecule has 2 rings (SSSR count). The van der Waals surface area contributed by atoms with Gasteiger partial charge in [-0.25, -0.2) is 4.98 Å². The van der Waals surface area contributed by atoms with Crippen molar-refractivity contribution in [1.29, 1.82) is 0 Å². The van der Waals surface area contributed by atoms with Crippen molar-refractivity contribution in [2.24, 2.45) is 0 Å². The molecule has 1 heterocycles. The summed E-state index contributed by atoms with van der Waals surface area (Å²) >= 11 is 4.80. The molecule has 0 saturated heterocycles. The van der Waals surface area contributed by atoms with Crippen molar-refractivity contribution in [2.75, 3.05) is 6.54 Å². The van der Waals surface area contributed by atoms with E-state index < -0.39 is 0 Å². The SMILES string of the molecule is O=[N+]([O-])c1cc(CNCCc2nccs2)ccc1Br. The first kappa shape index (κ1) is 14.1. The van der Waals surface area contributed by atoms with Crippen LogP contribution in [0.5, 0.6) is 0 Å². The first-order chi connectivity index (χ1) is 9.16. The second-order valence-corrected chi connectivity index (χ2v) is 5.73. The molecule has 100 valence electrons. The van der Waals surface area contributed by atoms with E-state index in [-0.39, 0.29) is 10.6 Å². The Bertz CT molecular complexity index is 560. The maximum atomic E-state index is 10.8. The Balaban J connectivity index is 1.86. The van der Waals surface area contributed by atoms with Crippen LogP contribution >= 0.6 is 27.3 Å². The zero-order chi connectivity index (χ0) is 13.7. The number of nitro groups is 1. The third-order valence-corrected chi connectivity index (χ3v) is 4.05. The van der Waals surface area contributed by atoms with Gasteiger partial charge in [0.25, 0.3) is 5.69 Å². The van der Waals surface area contributed by atoms with E-state index in [2.05, 4.69) is 26.2 Å². The molecule has 0 unspecified atom stereocenters. The van der Waals surface area contributed by atoms with Crippen molar-refractivity contribution < 1.29 is 4.92 Å². The molecule has 0 aliphatic heterocycles. The average molecular weight is 342 g/mol. The number of nitrogens with zero attached hydrogens (tertiary/aromatic N) is 2. The minimum Gasteiger partial charge on any atom is -0.312 e. The lowest BCUT2D eigenvalue weighted by molar-refractivity contribution is -0.385. The molecular weight excluding hydrogens is 330 g/mol. The van der Waals surface area contributed by atoms with Crippen LogP contribution < -0.4 is 5.32 Å². The maximum Gasteiger partial charge on any atom is 0.283 e. The Morgan fingerprint density at radius 3 is 3.00 bits per heavy atom. The topological polar surface area (TPSA) is 68.1 Å². The summed E-state index contributed by atoms with van der Waals surface area (Å²) in [5, 5.41) is 17.1. The fourth-order valence-electron chi connectivity index (χ4n) is 1.61. The van der Waals surface area contributed by atoms with E-state index in [0.29, 0.717) is 11.0 Å². The van der Waals surface area contributed by atoms with Gasteiger partial charge in [-0.2, -0.15) is 0 Å². The molecule has 19 heavy (non-hydrogen) atoms. The molecule has 2 aromatic rings. The number of hydrogen-bond acceptors (Lipinski definition) is 5. The molecule has 0 atom stereocenters. The maximum absolute atomic E-state index is 10.8. The fraction of sp³-hybridized carbons (Fsp3) is 0.250. The largest absolute Gasteiger partial charge is 0.312 e. The summed E-state index contributed by atoms with van der Waals surface area (Å²) in [6.07, 6.45) is 2.66. The molecule has 0 saturated carbocycles. The van der Waals surface area contributed by atoms with Crippen molar-refractivity contribution >= 4 is 33.0 Å². The number of halogens is 1. The highest BCUT2D eigenvalue weighted by molar-refractivity contribution is 9.10. The number of aromatic nitrogens is 1. The van der Waals surface area contributed by atoms with Crippen molar-refractivity contribution in [3.05, 3.63) is 54.9 Å². The van der Waals surface area contributed by atoms with Gasteiger partial charge in [-0.15, -0.1) is 11.3 Å². The lowest BCUT2D eigenvalue weighted by atomic mass is 10.2. The highest BCUT2D eigenvalue weighted by atomic mass is 79.9. The molecule has 0 amide bonds. The van der Waals surface area contributed by atoms with E-state index in [1.54, 1.807) is 29.7 Å². The van der Waals surface area contributed by atoms with Crippen LogP contribution in [0, 0.1) is 10.1 Å². The Morgan fingerprint density at radius 2 is 2.32 bits per heavy atom. The van der Waals surface area contributed by atoms with Crippen LogP contribution in [0.3, 0.4) is 0 Å². The number of hydrogen-bond donors (Lipinski definition) is 1. The lowest BCUT2D eigenvalue weighted by Crippen LogP contribution is -2.16. The fourth-order valence-corrected chi connectivity index (χ4v) is 2.62. The van der Waals surface area contributed by atoms with Gasteiger partial charge in [0.1, 0.15) is 0 Å². The number of thiazole rings is 1. The molecule has 1 aromatic carbocycles. The van der Waals surface area contributed by atoms with Gasteiger partial charge in [-0.05, 0) is 27.6 Å². The lowest BCUT2D eigenvalue weighted by Gasteiger charge is -2.04. The van der Waals surface area contributed by atoms with E-state index >= 15 is 0 Å². The zero-order valence-corrected chi connectivity index (χ0v) is 12.4. The Kier molecular flexibility index (Phi) is 5.00. The molecule has 0 aliphatic rings. The third kappa shape index (κ3) is 4.09. The highest BCUT2D eigenvalue weighted by Gasteiger charge is 2.11. The summed E-state index contributed by atoms with van der Waals surface area (Å²) in [6.45, 7) is 1.41. The summed E-state index contributed by atoms with van der Waals surface area (Å²) in [6, 6.07) is 5.16. The predicted molar refractivity (Wildman–Crippen MR) is 78.3 cm³/mol. The normalized spacial score (nSPS) is 10.6. The standard InChI is InChI=1S/C12H12BrN3O2S/c13-10-2-1-9(7-11(10)16(17)18)8-14-4-3-12-15-5-6-19-12/h1-2,5-7,14H,3-4,8H2. The number of benzene rings is 1. The first-order valence-corrected chi connectivity index (χ1v) is 7.36. The van der Waals surface area contributed by atoms with E-state index in [1.165, 1.54) is 0 Å². The van der Waals surface area contributed by atoms with Gasteiger partial charge in [0.2, 0.25) is 0 Å². The molecule has 0 fully saturated rings. The quantitative estimate of drug-likeness (QED) is 0.497. The van der Waals surface area contributed by atoms with Crippen LogP contribution in [0.25, 0.3) is 0 Å². The van der Waals surface area contributed by atoms with Crippen LogP contribution in [0.1, 0.15) is 10.6 Å². The van der Waals surface area contributed by atoms with Gasteiger partial charge in [0, 0.05) is 37.2 Å². The smallest absolute Gasteiger partial charge is 0.283 e. The first-order valence-electron chi connectivity index (χ1n) is 5.68. The Morgan fingerprint density at radius 1 is 1.47 bits per heavy atom. The van der Waals surface area contributed by atoms with Crippen molar-refractivity contribution in [1.82, 2.24) is 10.3 Å². The average Bonchev–Trinajstić information content (AvgIpc) is 2.89. The van der Waals surface area contributed by atoms with Crippen LogP contribution in [-0.2, 0) is 13.0 Å². The van der Waals surface area contributed by atoms with Crippen molar-refractivity contribution in [3.63, 3.8) is 0 Å². The third-order valence-electron chi connectivity index (χ3n) is 2.54. The Hall–Kier alpha value is -1.31. The summed E-state index contributed by atoms with van der Waals surface area (Å²) in [5.41, 5.74) is 0.994. The van der Waals surface area contributed by atoms with E-state index in [4.69, 9.17) is 0 Å². The summed E-state index contributed by atoms with van der Waals surface area (Å²) < 4.78 is 0.504. The predicted octanol–water partition coefficient (Wildman–Crippen LogP) is 3.15. The molecule has 0 spiro atoms. The van der Waals surface area contributed by atoms with Gasteiger partial charge in [-0.1, -0.05) is 6.07 Å². The summed E-state index contributed by atoms with van der Waals surface area (Å²) in [7, 11) is 0. The molecular formula is C12H12BrN3O2S. The molecule has 7 heteroatoms. The molecule has 0 radical (unpaired) electrons. The van der Waals surface area contributed by atoms with Crippen LogP contribution in [0.4, 0.5) is 5.69 Å². The summed E-state index contributed by atoms with van der Waals surface area (Å²) in [5.74, 6) is 0. The zero-order valence-electron chi connectivity index (χ0n) is 10.0. The second kappa shape index (κ2) is 6.74. The highest BCUT2D eigenvalue weighted by Crippen LogP contribution is 2.25. The van der Waals surface area contributed by atoms with Gasteiger partial charge in [0.05, 0.1) is 14.4 Å². The van der Waals surface area contributed by atoms with Crippen molar-refractivity contribution in [2.45, 2.75) is 13.0 Å². The van der Waals surface area contributed by atoms with Crippen LogP contribution in [0.2, 0.25) is 0 Å². The van der Waals surface area contributed by atoms with Gasteiger partial charge >= 0.3 is 0 Å². The van der Waals surface area contributed by atoms with E-state index in [9.17, 15) is 10.1 Å². The minimum atomic E-state index is -0.386. The Labute approximate surface area is 123 Å². The van der Waals surface area contributed by atoms with Gasteiger partial charge < -0.3 is 5.32 Å². The van der Waals surface area contributed by atoms with Crippen molar-refractivity contribution in [3.8, 4) is 0 Å². The van der Waals surface area contributed by atoms with Crippen LogP contribution in [-0.4, -0.2) is 16.5 Å². The van der Waals surface area contributed by atoms with Gasteiger partial charge in [0.15, 0.2) is 0 Å². The molecule has 5 nitrogen and oxygen atoms in total. The van der Waals surface area contributed by atoms with Crippen LogP contribution in [0.15, 0.2) is 34.2 Å². The van der Waals surface area contributed by atoms with Gasteiger partial charge in [-0.3, -0.25) is 10.1 Å². The number of nitrogens with one attached hydrogen (secondary N) is 1. The second-order valence-electron chi connectivity index (χ2n) is 3.90. The number of rotatable bonds is 6. The monoisotopic (exact) mass is 341 g/mol. The summed E-state index contributed by atoms with van der Waals surface area (Å²) in [4.78, 5) is 14.6. The van der Waals surface area contributed by atoms with E-state index in [1.807, 2.05) is 11.4 Å².